The molecule has 0 fully saturated rings. The Morgan fingerprint density at radius 2 is 2.28 bits per heavy atom. The second-order valence-electron chi connectivity index (χ2n) is 3.91. The van der Waals surface area contributed by atoms with Crippen LogP contribution in [0.3, 0.4) is 0 Å². The third-order valence-corrected chi connectivity index (χ3v) is 4.05. The van der Waals surface area contributed by atoms with Gasteiger partial charge >= 0.3 is 0 Å². The number of halogens is 1. The first-order valence-electron chi connectivity index (χ1n) is 6.08. The van der Waals surface area contributed by atoms with Crippen molar-refractivity contribution in [3.8, 4) is 0 Å². The maximum atomic E-state index is 11.7. The molecule has 0 spiro atoms. The summed E-state index contributed by atoms with van der Waals surface area (Å²) in [6.07, 6.45) is 0. The van der Waals surface area contributed by atoms with Crippen LogP contribution in [0.4, 0.5) is 0 Å². The number of thiophene rings is 1. The van der Waals surface area contributed by atoms with Crippen molar-refractivity contribution in [3.63, 3.8) is 0 Å². The van der Waals surface area contributed by atoms with Crippen LogP contribution in [0, 0.1) is 0 Å². The van der Waals surface area contributed by atoms with Gasteiger partial charge in [-0.15, -0.1) is 11.3 Å². The molecule has 0 radical (unpaired) electrons. The highest BCUT2D eigenvalue weighted by molar-refractivity contribution is 7.16. The molecule has 0 aliphatic heterocycles. The smallest absolute Gasteiger partial charge is 0.234 e. The van der Waals surface area contributed by atoms with Gasteiger partial charge < -0.3 is 11.1 Å². The fraction of sp³-hybridized carbons (Fsp3) is 0.583. The molecule has 3 N–H and O–H groups in total. The largest absolute Gasteiger partial charge is 0.355 e. The number of carbonyl (C=O) groups excluding carboxylic acids is 1. The van der Waals surface area contributed by atoms with E-state index in [4.69, 9.17) is 17.3 Å². The summed E-state index contributed by atoms with van der Waals surface area (Å²) in [5, 5.41) is 2.80. The quantitative estimate of drug-likeness (QED) is 0.805. The van der Waals surface area contributed by atoms with Gasteiger partial charge in [0, 0.05) is 18.0 Å². The molecule has 1 heterocycles. The number of nitrogens with zero attached hydrogens (tertiary/aromatic N) is 1. The van der Waals surface area contributed by atoms with E-state index in [1.165, 1.54) is 11.3 Å². The lowest BCUT2D eigenvalue weighted by Crippen LogP contribution is -2.41. The fourth-order valence-electron chi connectivity index (χ4n) is 1.83. The van der Waals surface area contributed by atoms with E-state index in [1.807, 2.05) is 26.0 Å². The molecule has 102 valence electrons. The predicted molar refractivity (Wildman–Crippen MR) is 77.1 cm³/mol. The molecule has 0 saturated carbocycles. The third kappa shape index (κ3) is 4.24. The molecule has 1 rings (SSSR count). The standard InChI is InChI=1S/C12H20ClN3OS/c1-3-15-12(17)8-16(4-2)9(7-14)10-5-6-11(13)18-10/h5-6,9H,3-4,7-8,14H2,1-2H3,(H,15,17). The van der Waals surface area contributed by atoms with E-state index in [1.54, 1.807) is 0 Å². The summed E-state index contributed by atoms with van der Waals surface area (Å²) < 4.78 is 0.748. The fourth-order valence-corrected chi connectivity index (χ4v) is 3.04. The molecule has 0 aliphatic carbocycles. The normalized spacial score (nSPS) is 12.7. The molecule has 0 aliphatic rings. The predicted octanol–water partition coefficient (Wildman–Crippen LogP) is 1.86. The molecule has 1 aromatic heterocycles. The van der Waals surface area contributed by atoms with Crippen LogP contribution in [0.5, 0.6) is 0 Å². The number of nitrogens with two attached hydrogens (primary N) is 1. The highest BCUT2D eigenvalue weighted by Gasteiger charge is 2.21. The SMILES string of the molecule is CCNC(=O)CN(CC)C(CN)c1ccc(Cl)s1. The molecular weight excluding hydrogens is 270 g/mol. The molecule has 1 unspecified atom stereocenters. The molecule has 18 heavy (non-hydrogen) atoms. The third-order valence-electron chi connectivity index (χ3n) is 2.71. The molecule has 0 saturated heterocycles. The molecule has 4 nitrogen and oxygen atoms in total. The van der Waals surface area contributed by atoms with Crippen LogP contribution in [-0.4, -0.2) is 37.0 Å². The van der Waals surface area contributed by atoms with Crippen LogP contribution in [0.15, 0.2) is 12.1 Å². The van der Waals surface area contributed by atoms with E-state index in [0.717, 1.165) is 15.8 Å². The summed E-state index contributed by atoms with van der Waals surface area (Å²) in [6.45, 7) is 6.19. The zero-order valence-electron chi connectivity index (χ0n) is 10.8. The average Bonchev–Trinajstić information content (AvgIpc) is 2.75. The number of likely N-dealkylation sites (N-methyl/N-ethyl adjacent to an activating group) is 2. The lowest BCUT2D eigenvalue weighted by Gasteiger charge is -2.28. The molecular formula is C12H20ClN3OS. The zero-order valence-corrected chi connectivity index (χ0v) is 12.4. The van der Waals surface area contributed by atoms with E-state index < -0.39 is 0 Å². The Bertz CT molecular complexity index is 383. The lowest BCUT2D eigenvalue weighted by molar-refractivity contribution is -0.122. The van der Waals surface area contributed by atoms with E-state index >= 15 is 0 Å². The molecule has 1 aromatic rings. The second-order valence-corrected chi connectivity index (χ2v) is 5.66. The highest BCUT2D eigenvalue weighted by Crippen LogP contribution is 2.29. The second kappa shape index (κ2) is 7.74. The maximum absolute atomic E-state index is 11.7. The van der Waals surface area contributed by atoms with Gasteiger partial charge in [-0.2, -0.15) is 0 Å². The molecule has 6 heteroatoms. The number of carbonyl (C=O) groups is 1. The van der Waals surface area contributed by atoms with Crippen molar-refractivity contribution in [1.82, 2.24) is 10.2 Å². The first kappa shape index (κ1) is 15.4. The van der Waals surface area contributed by atoms with Crippen molar-refractivity contribution in [1.29, 1.82) is 0 Å². The van der Waals surface area contributed by atoms with Crippen molar-refractivity contribution in [2.24, 2.45) is 5.73 Å². The Morgan fingerprint density at radius 3 is 2.72 bits per heavy atom. The van der Waals surface area contributed by atoms with Crippen LogP contribution in [0.1, 0.15) is 24.8 Å². The van der Waals surface area contributed by atoms with Gasteiger partial charge in [0.15, 0.2) is 0 Å². The number of rotatable bonds is 7. The summed E-state index contributed by atoms with van der Waals surface area (Å²) >= 11 is 7.46. The summed E-state index contributed by atoms with van der Waals surface area (Å²) in [5.74, 6) is 0.0282. The van der Waals surface area contributed by atoms with E-state index in [2.05, 4.69) is 10.2 Å². The zero-order chi connectivity index (χ0) is 13.5. The van der Waals surface area contributed by atoms with Crippen LogP contribution in [0.2, 0.25) is 4.34 Å². The van der Waals surface area contributed by atoms with Gasteiger partial charge in [-0.25, -0.2) is 0 Å². The number of hydrogen-bond donors (Lipinski definition) is 2. The van der Waals surface area contributed by atoms with Gasteiger partial charge in [0.05, 0.1) is 16.9 Å². The Labute approximate surface area is 117 Å². The molecule has 0 bridgehead atoms. The van der Waals surface area contributed by atoms with Crippen LogP contribution in [0.25, 0.3) is 0 Å². The minimum absolute atomic E-state index is 0.0282. The Hall–Kier alpha value is -0.620. The van der Waals surface area contributed by atoms with Gasteiger partial charge in [-0.3, -0.25) is 9.69 Å². The first-order chi connectivity index (χ1) is 8.62. The highest BCUT2D eigenvalue weighted by atomic mass is 35.5. The number of nitrogens with one attached hydrogen (secondary N) is 1. The Balaban J connectivity index is 2.74. The van der Waals surface area contributed by atoms with Crippen molar-refractivity contribution >= 4 is 28.8 Å². The molecule has 1 amide bonds. The van der Waals surface area contributed by atoms with Crippen molar-refractivity contribution in [3.05, 3.63) is 21.3 Å². The molecule has 0 aromatic carbocycles. The van der Waals surface area contributed by atoms with Gasteiger partial charge in [-0.05, 0) is 25.6 Å². The first-order valence-corrected chi connectivity index (χ1v) is 7.27. The summed E-state index contributed by atoms with van der Waals surface area (Å²) in [4.78, 5) is 14.8. The number of hydrogen-bond acceptors (Lipinski definition) is 4. The van der Waals surface area contributed by atoms with Gasteiger partial charge in [-0.1, -0.05) is 18.5 Å². The summed E-state index contributed by atoms with van der Waals surface area (Å²) in [7, 11) is 0. The molecule has 1 atom stereocenters. The van der Waals surface area contributed by atoms with E-state index in [9.17, 15) is 4.79 Å². The topological polar surface area (TPSA) is 58.4 Å². The number of amides is 1. The Kier molecular flexibility index (Phi) is 6.63. The van der Waals surface area contributed by atoms with Crippen molar-refractivity contribution < 1.29 is 4.79 Å². The van der Waals surface area contributed by atoms with Gasteiger partial charge in [0.25, 0.3) is 0 Å². The maximum Gasteiger partial charge on any atom is 0.234 e. The van der Waals surface area contributed by atoms with E-state index in [-0.39, 0.29) is 11.9 Å². The minimum atomic E-state index is 0.0282. The summed E-state index contributed by atoms with van der Waals surface area (Å²) in [6, 6.07) is 3.89. The van der Waals surface area contributed by atoms with Gasteiger partial charge in [0.2, 0.25) is 5.91 Å². The van der Waals surface area contributed by atoms with Crippen LogP contribution >= 0.6 is 22.9 Å². The average molecular weight is 290 g/mol. The lowest BCUT2D eigenvalue weighted by atomic mass is 10.2. The van der Waals surface area contributed by atoms with Crippen LogP contribution in [-0.2, 0) is 4.79 Å². The summed E-state index contributed by atoms with van der Waals surface area (Å²) in [5.41, 5.74) is 5.83. The monoisotopic (exact) mass is 289 g/mol. The van der Waals surface area contributed by atoms with Crippen LogP contribution < -0.4 is 11.1 Å². The van der Waals surface area contributed by atoms with Gasteiger partial charge in [0.1, 0.15) is 0 Å². The van der Waals surface area contributed by atoms with Crippen molar-refractivity contribution in [2.45, 2.75) is 19.9 Å². The Morgan fingerprint density at radius 1 is 1.56 bits per heavy atom. The van der Waals surface area contributed by atoms with E-state index in [0.29, 0.717) is 19.6 Å². The minimum Gasteiger partial charge on any atom is -0.355 e. The van der Waals surface area contributed by atoms with Crippen molar-refractivity contribution in [2.75, 3.05) is 26.2 Å².